The van der Waals surface area contributed by atoms with E-state index in [1.807, 2.05) is 6.92 Å². The monoisotopic (exact) mass is 201 g/mol. The molecule has 0 saturated heterocycles. The molecule has 13 heavy (non-hydrogen) atoms. The predicted octanol–water partition coefficient (Wildman–Crippen LogP) is 1.31. The zero-order chi connectivity index (χ0) is 9.68. The lowest BCUT2D eigenvalue weighted by Gasteiger charge is -2.14. The van der Waals surface area contributed by atoms with Crippen LogP contribution in [0.25, 0.3) is 0 Å². The molecular weight excluding hydrogens is 190 g/mol. The fourth-order valence-electron chi connectivity index (χ4n) is 0.888. The number of aliphatic hydroxyl groups is 1. The number of rotatable bonds is 4. The average molecular weight is 202 g/mol. The highest BCUT2D eigenvalue weighted by molar-refractivity contribution is 6.31. The molecule has 1 heterocycles. The third-order valence-electron chi connectivity index (χ3n) is 1.71. The van der Waals surface area contributed by atoms with Crippen molar-refractivity contribution in [1.29, 1.82) is 0 Å². The summed E-state index contributed by atoms with van der Waals surface area (Å²) in [5.41, 5.74) is 0. The molecule has 1 aromatic heterocycles. The van der Waals surface area contributed by atoms with Crippen molar-refractivity contribution in [2.75, 3.05) is 11.9 Å². The molecule has 0 fully saturated rings. The largest absolute Gasteiger partial charge is 0.394 e. The Morgan fingerprint density at radius 2 is 2.23 bits per heavy atom. The highest BCUT2D eigenvalue weighted by atomic mass is 35.5. The van der Waals surface area contributed by atoms with Gasteiger partial charge in [-0.3, -0.25) is 0 Å². The number of nitrogens with zero attached hydrogens (tertiary/aromatic N) is 2. The second kappa shape index (κ2) is 4.99. The zero-order valence-electron chi connectivity index (χ0n) is 7.37. The standard InChI is InChI=1S/C8H12ClN3O/c1-2-6(5-13)12-8-7(9)10-3-4-11-8/h3-4,6,13H,2,5H2,1H3,(H,11,12)/t6-/m0/s1. The van der Waals surface area contributed by atoms with Crippen LogP contribution in [0.3, 0.4) is 0 Å². The van der Waals surface area contributed by atoms with E-state index in [0.717, 1.165) is 6.42 Å². The molecule has 0 aliphatic rings. The Morgan fingerprint density at radius 3 is 2.77 bits per heavy atom. The summed E-state index contributed by atoms with van der Waals surface area (Å²) < 4.78 is 0. The van der Waals surface area contributed by atoms with Crippen molar-refractivity contribution in [3.05, 3.63) is 17.5 Å². The minimum absolute atomic E-state index is 0.0193. The van der Waals surface area contributed by atoms with Crippen molar-refractivity contribution in [3.63, 3.8) is 0 Å². The number of halogens is 1. The van der Waals surface area contributed by atoms with Crippen molar-refractivity contribution in [3.8, 4) is 0 Å². The maximum Gasteiger partial charge on any atom is 0.171 e. The van der Waals surface area contributed by atoms with Crippen LogP contribution in [0.2, 0.25) is 5.15 Å². The molecule has 0 spiro atoms. The molecule has 1 atom stereocenters. The first-order chi connectivity index (χ1) is 6.27. The van der Waals surface area contributed by atoms with Gasteiger partial charge in [0.2, 0.25) is 0 Å². The van der Waals surface area contributed by atoms with Crippen molar-refractivity contribution < 1.29 is 5.11 Å². The van der Waals surface area contributed by atoms with E-state index in [9.17, 15) is 0 Å². The lowest BCUT2D eigenvalue weighted by Crippen LogP contribution is -2.23. The molecule has 1 aromatic rings. The summed E-state index contributed by atoms with van der Waals surface area (Å²) in [5.74, 6) is 0.519. The molecular formula is C8H12ClN3O. The lowest BCUT2D eigenvalue weighted by molar-refractivity contribution is 0.271. The molecule has 0 aromatic carbocycles. The molecule has 72 valence electrons. The second-order valence-electron chi connectivity index (χ2n) is 2.63. The Hall–Kier alpha value is -0.870. The normalized spacial score (nSPS) is 12.5. The van der Waals surface area contributed by atoms with E-state index < -0.39 is 0 Å². The Labute approximate surface area is 82.0 Å². The van der Waals surface area contributed by atoms with Crippen LogP contribution in [0.5, 0.6) is 0 Å². The number of hydrogen-bond acceptors (Lipinski definition) is 4. The van der Waals surface area contributed by atoms with Gasteiger partial charge in [0.1, 0.15) is 0 Å². The number of nitrogens with one attached hydrogen (secondary N) is 1. The van der Waals surface area contributed by atoms with E-state index in [1.54, 1.807) is 6.20 Å². The quantitative estimate of drug-likeness (QED) is 0.772. The first-order valence-corrected chi connectivity index (χ1v) is 4.49. The van der Waals surface area contributed by atoms with Crippen LogP contribution < -0.4 is 5.32 Å². The number of aromatic nitrogens is 2. The number of anilines is 1. The average Bonchev–Trinajstić information content (AvgIpc) is 2.17. The van der Waals surface area contributed by atoms with Crippen LogP contribution in [0, 0.1) is 0 Å². The summed E-state index contributed by atoms with van der Waals surface area (Å²) in [7, 11) is 0. The van der Waals surface area contributed by atoms with Crippen molar-refractivity contribution in [2.45, 2.75) is 19.4 Å². The summed E-state index contributed by atoms with van der Waals surface area (Å²) >= 11 is 5.76. The van der Waals surface area contributed by atoms with Gasteiger partial charge in [0, 0.05) is 12.4 Å². The zero-order valence-corrected chi connectivity index (χ0v) is 8.12. The topological polar surface area (TPSA) is 58.0 Å². The third-order valence-corrected chi connectivity index (χ3v) is 1.98. The van der Waals surface area contributed by atoms with Crippen LogP contribution in [-0.2, 0) is 0 Å². The van der Waals surface area contributed by atoms with Crippen LogP contribution >= 0.6 is 11.6 Å². The molecule has 0 amide bonds. The summed E-state index contributed by atoms with van der Waals surface area (Å²) in [5, 5.41) is 12.2. The first kappa shape index (κ1) is 10.2. The van der Waals surface area contributed by atoms with Gasteiger partial charge in [-0.15, -0.1) is 0 Å². The predicted molar refractivity (Wildman–Crippen MR) is 51.8 cm³/mol. The van der Waals surface area contributed by atoms with Crippen molar-refractivity contribution in [1.82, 2.24) is 9.97 Å². The van der Waals surface area contributed by atoms with Gasteiger partial charge >= 0.3 is 0 Å². The van der Waals surface area contributed by atoms with E-state index in [2.05, 4.69) is 15.3 Å². The molecule has 0 aliphatic carbocycles. The first-order valence-electron chi connectivity index (χ1n) is 4.11. The highest BCUT2D eigenvalue weighted by Gasteiger charge is 2.07. The van der Waals surface area contributed by atoms with Gasteiger partial charge in [-0.1, -0.05) is 18.5 Å². The Balaban J connectivity index is 2.67. The Morgan fingerprint density at radius 1 is 1.54 bits per heavy atom. The maximum atomic E-state index is 8.92. The second-order valence-corrected chi connectivity index (χ2v) is 2.99. The highest BCUT2D eigenvalue weighted by Crippen LogP contribution is 2.15. The Bertz CT molecular complexity index is 265. The van der Waals surface area contributed by atoms with Gasteiger partial charge < -0.3 is 10.4 Å². The van der Waals surface area contributed by atoms with Crippen LogP contribution in [0.15, 0.2) is 12.4 Å². The van der Waals surface area contributed by atoms with E-state index in [1.165, 1.54) is 6.20 Å². The summed E-state index contributed by atoms with van der Waals surface area (Å²) in [6, 6.07) is -0.0193. The maximum absolute atomic E-state index is 8.92. The van der Waals surface area contributed by atoms with Crippen LogP contribution in [-0.4, -0.2) is 27.7 Å². The fraction of sp³-hybridized carbons (Fsp3) is 0.500. The van der Waals surface area contributed by atoms with Crippen molar-refractivity contribution in [2.24, 2.45) is 0 Å². The van der Waals surface area contributed by atoms with Gasteiger partial charge in [-0.2, -0.15) is 0 Å². The number of aliphatic hydroxyl groups excluding tert-OH is 1. The molecule has 4 nitrogen and oxygen atoms in total. The van der Waals surface area contributed by atoms with Crippen molar-refractivity contribution >= 4 is 17.4 Å². The molecule has 0 unspecified atom stereocenters. The molecule has 1 rings (SSSR count). The molecule has 0 bridgehead atoms. The minimum Gasteiger partial charge on any atom is -0.394 e. The van der Waals surface area contributed by atoms with E-state index in [0.29, 0.717) is 11.0 Å². The molecule has 2 N–H and O–H groups in total. The van der Waals surface area contributed by atoms with Gasteiger partial charge in [0.25, 0.3) is 0 Å². The SMILES string of the molecule is CC[C@@H](CO)Nc1nccnc1Cl. The van der Waals surface area contributed by atoms with E-state index >= 15 is 0 Å². The van der Waals surface area contributed by atoms with E-state index in [4.69, 9.17) is 16.7 Å². The smallest absolute Gasteiger partial charge is 0.171 e. The summed E-state index contributed by atoms with van der Waals surface area (Å²) in [4.78, 5) is 7.86. The van der Waals surface area contributed by atoms with E-state index in [-0.39, 0.29) is 12.6 Å². The van der Waals surface area contributed by atoms with Crippen LogP contribution in [0.4, 0.5) is 5.82 Å². The fourth-order valence-corrected chi connectivity index (χ4v) is 1.05. The van der Waals surface area contributed by atoms with Crippen LogP contribution in [0.1, 0.15) is 13.3 Å². The summed E-state index contributed by atoms with van der Waals surface area (Å²) in [6.45, 7) is 2.03. The van der Waals surface area contributed by atoms with Gasteiger partial charge in [0.05, 0.1) is 12.6 Å². The third kappa shape index (κ3) is 2.82. The molecule has 0 saturated carbocycles. The van der Waals surface area contributed by atoms with Gasteiger partial charge in [0.15, 0.2) is 11.0 Å². The lowest BCUT2D eigenvalue weighted by atomic mass is 10.2. The van der Waals surface area contributed by atoms with Gasteiger partial charge in [-0.05, 0) is 6.42 Å². The minimum atomic E-state index is -0.0193. The summed E-state index contributed by atoms with van der Waals surface area (Å²) in [6.07, 6.45) is 3.88. The molecule has 5 heteroatoms. The number of hydrogen-bond donors (Lipinski definition) is 2. The Kier molecular flexibility index (Phi) is 3.92. The molecule has 0 radical (unpaired) electrons. The molecule has 0 aliphatic heterocycles. The van der Waals surface area contributed by atoms with Gasteiger partial charge in [-0.25, -0.2) is 9.97 Å².